The summed E-state index contributed by atoms with van der Waals surface area (Å²) in [5, 5.41) is 5.27. The average molecular weight is 333 g/mol. The standard InChI is InChI=1S/C15H13BrN2O2/c16-12-6-4-5-11(9-12)15(20)17-10-14(19)18-13-7-2-1-3-8-13/h1-9H,10H2,(H,17,20)(H,18,19). The fourth-order valence-corrected chi connectivity index (χ4v) is 2.02. The Labute approximate surface area is 125 Å². The van der Waals surface area contributed by atoms with Crippen LogP contribution in [0, 0.1) is 0 Å². The Morgan fingerprint density at radius 3 is 2.45 bits per heavy atom. The zero-order valence-corrected chi connectivity index (χ0v) is 12.2. The zero-order valence-electron chi connectivity index (χ0n) is 10.6. The third-order valence-electron chi connectivity index (χ3n) is 2.55. The molecule has 2 amide bonds. The van der Waals surface area contributed by atoms with Gasteiger partial charge in [-0.3, -0.25) is 9.59 Å². The second-order valence-corrected chi connectivity index (χ2v) is 5.02. The van der Waals surface area contributed by atoms with Gasteiger partial charge in [0.25, 0.3) is 5.91 Å². The molecule has 0 heterocycles. The van der Waals surface area contributed by atoms with Gasteiger partial charge < -0.3 is 10.6 Å². The largest absolute Gasteiger partial charge is 0.343 e. The Kier molecular flexibility index (Phi) is 4.90. The lowest BCUT2D eigenvalue weighted by Crippen LogP contribution is -2.32. The van der Waals surface area contributed by atoms with Crippen LogP contribution in [0.3, 0.4) is 0 Å². The number of hydrogen-bond donors (Lipinski definition) is 2. The van der Waals surface area contributed by atoms with Crippen LogP contribution >= 0.6 is 15.9 Å². The quantitative estimate of drug-likeness (QED) is 0.904. The summed E-state index contributed by atoms with van der Waals surface area (Å²) in [6.07, 6.45) is 0. The van der Waals surface area contributed by atoms with Gasteiger partial charge >= 0.3 is 0 Å². The first kappa shape index (κ1) is 14.3. The monoisotopic (exact) mass is 332 g/mol. The van der Waals surface area contributed by atoms with Crippen molar-refractivity contribution in [3.05, 3.63) is 64.6 Å². The van der Waals surface area contributed by atoms with Crippen molar-refractivity contribution in [2.45, 2.75) is 0 Å². The van der Waals surface area contributed by atoms with Crippen molar-refractivity contribution in [3.63, 3.8) is 0 Å². The van der Waals surface area contributed by atoms with Crippen LogP contribution in [0.15, 0.2) is 59.1 Å². The minimum atomic E-state index is -0.283. The maximum absolute atomic E-state index is 11.8. The van der Waals surface area contributed by atoms with Gasteiger partial charge in [0, 0.05) is 15.7 Å². The highest BCUT2D eigenvalue weighted by atomic mass is 79.9. The summed E-state index contributed by atoms with van der Waals surface area (Å²) in [6.45, 7) is -0.0692. The highest BCUT2D eigenvalue weighted by Gasteiger charge is 2.08. The molecule has 0 aliphatic rings. The van der Waals surface area contributed by atoms with E-state index in [1.54, 1.807) is 30.3 Å². The molecule has 0 saturated heterocycles. The van der Waals surface area contributed by atoms with Gasteiger partial charge in [-0.25, -0.2) is 0 Å². The van der Waals surface area contributed by atoms with Gasteiger partial charge in [0.05, 0.1) is 6.54 Å². The zero-order chi connectivity index (χ0) is 14.4. The Balaban J connectivity index is 1.86. The first-order chi connectivity index (χ1) is 9.65. The number of benzene rings is 2. The molecule has 0 fully saturated rings. The first-order valence-electron chi connectivity index (χ1n) is 6.04. The van der Waals surface area contributed by atoms with Crippen LogP contribution in [0.4, 0.5) is 5.69 Å². The second kappa shape index (κ2) is 6.86. The normalized spacial score (nSPS) is 9.85. The summed E-state index contributed by atoms with van der Waals surface area (Å²) in [7, 11) is 0. The maximum Gasteiger partial charge on any atom is 0.251 e. The number of para-hydroxylation sites is 1. The van der Waals surface area contributed by atoms with Crippen molar-refractivity contribution in [2.75, 3.05) is 11.9 Å². The lowest BCUT2D eigenvalue weighted by atomic mass is 10.2. The number of carbonyl (C=O) groups excluding carboxylic acids is 2. The van der Waals surface area contributed by atoms with E-state index in [4.69, 9.17) is 0 Å². The molecule has 2 aromatic carbocycles. The molecule has 20 heavy (non-hydrogen) atoms. The number of nitrogens with one attached hydrogen (secondary N) is 2. The van der Waals surface area contributed by atoms with Crippen molar-refractivity contribution in [1.29, 1.82) is 0 Å². The van der Waals surface area contributed by atoms with E-state index in [0.29, 0.717) is 11.3 Å². The van der Waals surface area contributed by atoms with Gasteiger partial charge in [0.1, 0.15) is 0 Å². The van der Waals surface area contributed by atoms with Gasteiger partial charge in [-0.2, -0.15) is 0 Å². The maximum atomic E-state index is 11.8. The van der Waals surface area contributed by atoms with E-state index in [1.165, 1.54) is 0 Å². The average Bonchev–Trinajstić information content (AvgIpc) is 2.46. The summed E-state index contributed by atoms with van der Waals surface area (Å²) < 4.78 is 0.818. The molecule has 0 aromatic heterocycles. The summed E-state index contributed by atoms with van der Waals surface area (Å²) in [5.41, 5.74) is 1.21. The lowest BCUT2D eigenvalue weighted by Gasteiger charge is -2.07. The van der Waals surface area contributed by atoms with Crippen molar-refractivity contribution in [1.82, 2.24) is 5.32 Å². The summed E-state index contributed by atoms with van der Waals surface area (Å²) in [4.78, 5) is 23.5. The third-order valence-corrected chi connectivity index (χ3v) is 3.05. The van der Waals surface area contributed by atoms with Crippen LogP contribution < -0.4 is 10.6 Å². The summed E-state index contributed by atoms with van der Waals surface area (Å²) in [6, 6.07) is 16.1. The molecular weight excluding hydrogens is 320 g/mol. The number of rotatable bonds is 4. The molecule has 0 bridgehead atoms. The molecule has 4 nitrogen and oxygen atoms in total. The first-order valence-corrected chi connectivity index (χ1v) is 6.83. The molecule has 0 spiro atoms. The van der Waals surface area contributed by atoms with Crippen molar-refractivity contribution in [2.24, 2.45) is 0 Å². The molecule has 0 saturated carbocycles. The van der Waals surface area contributed by atoms with Gasteiger partial charge in [0.15, 0.2) is 0 Å². The number of halogens is 1. The van der Waals surface area contributed by atoms with Crippen molar-refractivity contribution < 1.29 is 9.59 Å². The van der Waals surface area contributed by atoms with Gasteiger partial charge in [-0.15, -0.1) is 0 Å². The summed E-state index contributed by atoms with van der Waals surface area (Å²) in [5.74, 6) is -0.547. The van der Waals surface area contributed by atoms with E-state index in [9.17, 15) is 9.59 Å². The molecule has 2 aromatic rings. The van der Waals surface area contributed by atoms with E-state index in [2.05, 4.69) is 26.6 Å². The molecule has 2 rings (SSSR count). The van der Waals surface area contributed by atoms with Crippen LogP contribution in [0.2, 0.25) is 0 Å². The highest BCUT2D eigenvalue weighted by Crippen LogP contribution is 2.11. The van der Waals surface area contributed by atoms with E-state index in [-0.39, 0.29) is 18.4 Å². The SMILES string of the molecule is O=C(CNC(=O)c1cccc(Br)c1)Nc1ccccc1. The predicted molar refractivity (Wildman–Crippen MR) is 81.5 cm³/mol. The second-order valence-electron chi connectivity index (χ2n) is 4.11. The molecule has 0 radical (unpaired) electrons. The smallest absolute Gasteiger partial charge is 0.251 e. The van der Waals surface area contributed by atoms with Gasteiger partial charge in [-0.1, -0.05) is 40.2 Å². The number of carbonyl (C=O) groups is 2. The number of anilines is 1. The molecule has 5 heteroatoms. The predicted octanol–water partition coefficient (Wildman–Crippen LogP) is 2.82. The molecule has 102 valence electrons. The topological polar surface area (TPSA) is 58.2 Å². The Morgan fingerprint density at radius 2 is 1.75 bits per heavy atom. The minimum Gasteiger partial charge on any atom is -0.343 e. The van der Waals surface area contributed by atoms with Crippen LogP contribution in [0.25, 0.3) is 0 Å². The van der Waals surface area contributed by atoms with E-state index < -0.39 is 0 Å². The molecule has 2 N–H and O–H groups in total. The summed E-state index contributed by atoms with van der Waals surface area (Å²) >= 11 is 3.30. The highest BCUT2D eigenvalue weighted by molar-refractivity contribution is 9.10. The van der Waals surface area contributed by atoms with Gasteiger partial charge in [-0.05, 0) is 30.3 Å². The fourth-order valence-electron chi connectivity index (χ4n) is 1.62. The van der Waals surface area contributed by atoms with Crippen LogP contribution in [0.5, 0.6) is 0 Å². The van der Waals surface area contributed by atoms with Crippen LogP contribution in [0.1, 0.15) is 10.4 Å². The van der Waals surface area contributed by atoms with E-state index >= 15 is 0 Å². The number of amides is 2. The van der Waals surface area contributed by atoms with Crippen molar-refractivity contribution >= 4 is 33.4 Å². The molecule has 0 aliphatic heterocycles. The molecule has 0 unspecified atom stereocenters. The molecule has 0 atom stereocenters. The van der Waals surface area contributed by atoms with E-state index in [0.717, 1.165) is 4.47 Å². The fraction of sp³-hybridized carbons (Fsp3) is 0.0667. The van der Waals surface area contributed by atoms with Gasteiger partial charge in [0.2, 0.25) is 5.91 Å². The van der Waals surface area contributed by atoms with E-state index in [1.807, 2.05) is 24.3 Å². The third kappa shape index (κ3) is 4.20. The Bertz CT molecular complexity index is 614. The molecule has 0 aliphatic carbocycles. The van der Waals surface area contributed by atoms with Crippen molar-refractivity contribution in [3.8, 4) is 0 Å². The molecular formula is C15H13BrN2O2. The number of hydrogen-bond acceptors (Lipinski definition) is 2. The van der Waals surface area contributed by atoms with Crippen LogP contribution in [-0.2, 0) is 4.79 Å². The Hall–Kier alpha value is -2.14. The Morgan fingerprint density at radius 1 is 1.00 bits per heavy atom. The minimum absolute atomic E-state index is 0.0692. The lowest BCUT2D eigenvalue weighted by molar-refractivity contribution is -0.115. The van der Waals surface area contributed by atoms with Crippen LogP contribution in [-0.4, -0.2) is 18.4 Å².